The molecule has 0 radical (unpaired) electrons. The number of ether oxygens (including phenoxy) is 2. The first-order valence-electron chi connectivity index (χ1n) is 10.4. The van der Waals surface area contributed by atoms with Gasteiger partial charge in [-0.15, -0.1) is 5.10 Å². The molecule has 0 atom stereocenters. The molecule has 2 aromatic carbocycles. The molecule has 32 heavy (non-hydrogen) atoms. The monoisotopic (exact) mass is 454 g/mol. The summed E-state index contributed by atoms with van der Waals surface area (Å²) in [5.74, 6) is 0.821. The molecule has 9 heteroatoms. The van der Waals surface area contributed by atoms with Crippen LogP contribution in [0.5, 0.6) is 5.75 Å². The van der Waals surface area contributed by atoms with Crippen molar-refractivity contribution < 1.29 is 19.1 Å². The number of thioether (sulfide) groups is 1. The van der Waals surface area contributed by atoms with Crippen molar-refractivity contribution in [3.63, 3.8) is 0 Å². The number of H-pyrrole nitrogens is 1. The Labute approximate surface area is 191 Å². The molecule has 0 aliphatic rings. The number of esters is 1. The maximum Gasteiger partial charge on any atom is 0.338 e. The summed E-state index contributed by atoms with van der Waals surface area (Å²) < 4.78 is 10.8. The van der Waals surface area contributed by atoms with E-state index in [1.54, 1.807) is 24.3 Å². The Kier molecular flexibility index (Phi) is 8.68. The van der Waals surface area contributed by atoms with E-state index in [9.17, 15) is 9.59 Å². The average molecular weight is 455 g/mol. The number of amides is 1. The van der Waals surface area contributed by atoms with Gasteiger partial charge in [-0.05, 0) is 48.7 Å². The molecule has 1 amide bonds. The number of rotatable bonds is 11. The minimum Gasteiger partial charge on any atom is -0.486 e. The summed E-state index contributed by atoms with van der Waals surface area (Å²) in [6.07, 6.45) is 1.73. The molecule has 1 heterocycles. The van der Waals surface area contributed by atoms with Crippen LogP contribution in [0.3, 0.4) is 0 Å². The Morgan fingerprint density at radius 1 is 1.12 bits per heavy atom. The second-order valence-electron chi connectivity index (χ2n) is 6.90. The number of carbonyl (C=O) groups is 2. The van der Waals surface area contributed by atoms with Gasteiger partial charge in [0, 0.05) is 5.69 Å². The Balaban J connectivity index is 1.45. The second-order valence-corrected chi connectivity index (χ2v) is 7.85. The van der Waals surface area contributed by atoms with Gasteiger partial charge in [-0.2, -0.15) is 0 Å². The summed E-state index contributed by atoms with van der Waals surface area (Å²) in [5, 5.41) is 10.1. The third-order valence-corrected chi connectivity index (χ3v) is 5.22. The highest BCUT2D eigenvalue weighted by molar-refractivity contribution is 7.99. The van der Waals surface area contributed by atoms with Crippen LogP contribution in [0.25, 0.3) is 0 Å². The number of benzene rings is 2. The number of aromatic amines is 1. The quantitative estimate of drug-likeness (QED) is 0.330. The molecule has 0 spiro atoms. The second kappa shape index (κ2) is 11.9. The molecule has 168 valence electrons. The van der Waals surface area contributed by atoms with Crippen molar-refractivity contribution in [1.29, 1.82) is 0 Å². The van der Waals surface area contributed by atoms with Crippen LogP contribution in [0.1, 0.15) is 42.0 Å². The molecule has 0 bridgehead atoms. The van der Waals surface area contributed by atoms with Crippen molar-refractivity contribution in [2.45, 2.75) is 38.5 Å². The number of nitrogens with zero attached hydrogens (tertiary/aromatic N) is 2. The standard InChI is InChI=1S/C23H26N4O4S/c1-3-12-30-22(29)17-6-5-7-18(13-17)24-21(28)15-32-23-25-20(26-27-23)14-31-19-10-8-16(4-2)9-11-19/h5-11,13H,3-4,12,14-15H2,1-2H3,(H,24,28)(H,25,26,27). The van der Waals surface area contributed by atoms with E-state index in [1.165, 1.54) is 17.3 Å². The highest BCUT2D eigenvalue weighted by Gasteiger charge is 2.11. The van der Waals surface area contributed by atoms with Gasteiger partial charge in [0.25, 0.3) is 0 Å². The fraction of sp³-hybridized carbons (Fsp3) is 0.304. The molecule has 3 aromatic rings. The first kappa shape index (κ1) is 23.3. The van der Waals surface area contributed by atoms with Crippen LogP contribution in [-0.4, -0.2) is 39.4 Å². The minimum absolute atomic E-state index is 0.126. The van der Waals surface area contributed by atoms with E-state index < -0.39 is 5.97 Å². The molecule has 3 rings (SSSR count). The van der Waals surface area contributed by atoms with Crippen molar-refractivity contribution in [2.75, 3.05) is 17.7 Å². The minimum atomic E-state index is -0.408. The van der Waals surface area contributed by atoms with Crippen LogP contribution in [0.4, 0.5) is 5.69 Å². The first-order chi connectivity index (χ1) is 15.6. The maximum atomic E-state index is 12.3. The molecule has 0 saturated heterocycles. The van der Waals surface area contributed by atoms with E-state index in [1.807, 2.05) is 31.2 Å². The van der Waals surface area contributed by atoms with E-state index in [4.69, 9.17) is 9.47 Å². The largest absolute Gasteiger partial charge is 0.486 e. The van der Waals surface area contributed by atoms with Gasteiger partial charge in [-0.1, -0.05) is 43.8 Å². The van der Waals surface area contributed by atoms with Crippen molar-refractivity contribution in [3.05, 3.63) is 65.5 Å². The van der Waals surface area contributed by atoms with Crippen LogP contribution >= 0.6 is 11.8 Å². The van der Waals surface area contributed by atoms with Crippen LogP contribution < -0.4 is 10.1 Å². The molecular weight excluding hydrogens is 428 g/mol. The van der Waals surface area contributed by atoms with Crippen LogP contribution in [0.15, 0.2) is 53.7 Å². The summed E-state index contributed by atoms with van der Waals surface area (Å²) in [5.41, 5.74) is 2.17. The molecule has 0 saturated carbocycles. The van der Waals surface area contributed by atoms with E-state index in [0.717, 1.165) is 18.6 Å². The van der Waals surface area contributed by atoms with Crippen molar-refractivity contribution in [2.24, 2.45) is 0 Å². The number of aryl methyl sites for hydroxylation is 1. The molecule has 0 aliphatic carbocycles. The fourth-order valence-electron chi connectivity index (χ4n) is 2.71. The lowest BCUT2D eigenvalue weighted by molar-refractivity contribution is -0.113. The van der Waals surface area contributed by atoms with Gasteiger partial charge < -0.3 is 14.8 Å². The van der Waals surface area contributed by atoms with E-state index in [-0.39, 0.29) is 18.3 Å². The molecule has 0 unspecified atom stereocenters. The summed E-state index contributed by atoms with van der Waals surface area (Å²) in [6, 6.07) is 14.6. The lowest BCUT2D eigenvalue weighted by Crippen LogP contribution is -2.15. The zero-order valence-electron chi connectivity index (χ0n) is 18.1. The number of anilines is 1. The average Bonchev–Trinajstić information content (AvgIpc) is 3.28. The first-order valence-corrected chi connectivity index (χ1v) is 11.4. The fourth-order valence-corrected chi connectivity index (χ4v) is 3.33. The third-order valence-electron chi connectivity index (χ3n) is 4.37. The highest BCUT2D eigenvalue weighted by Crippen LogP contribution is 2.17. The molecule has 0 fully saturated rings. The maximum absolute atomic E-state index is 12.3. The molecule has 8 nitrogen and oxygen atoms in total. The summed E-state index contributed by atoms with van der Waals surface area (Å²) in [6.45, 7) is 4.65. The Hall–Kier alpha value is -3.33. The topological polar surface area (TPSA) is 106 Å². The summed E-state index contributed by atoms with van der Waals surface area (Å²) in [7, 11) is 0. The molecule has 2 N–H and O–H groups in total. The van der Waals surface area contributed by atoms with Crippen molar-refractivity contribution >= 4 is 29.3 Å². The number of nitrogens with one attached hydrogen (secondary N) is 2. The predicted molar refractivity (Wildman–Crippen MR) is 123 cm³/mol. The van der Waals surface area contributed by atoms with E-state index in [2.05, 4.69) is 27.4 Å². The van der Waals surface area contributed by atoms with Gasteiger partial charge in [0.2, 0.25) is 11.1 Å². The Bertz CT molecular complexity index is 1040. The van der Waals surface area contributed by atoms with Crippen molar-refractivity contribution in [3.8, 4) is 5.75 Å². The van der Waals surface area contributed by atoms with Gasteiger partial charge in [0.15, 0.2) is 5.82 Å². The number of aromatic nitrogens is 3. The van der Waals surface area contributed by atoms with Crippen LogP contribution in [0, 0.1) is 0 Å². The Morgan fingerprint density at radius 3 is 2.69 bits per heavy atom. The molecular formula is C23H26N4O4S. The smallest absolute Gasteiger partial charge is 0.338 e. The van der Waals surface area contributed by atoms with Crippen LogP contribution in [-0.2, 0) is 22.6 Å². The third kappa shape index (κ3) is 7.12. The number of hydrogen-bond acceptors (Lipinski definition) is 7. The lowest BCUT2D eigenvalue weighted by Gasteiger charge is -2.07. The van der Waals surface area contributed by atoms with E-state index in [0.29, 0.717) is 28.8 Å². The zero-order valence-corrected chi connectivity index (χ0v) is 18.9. The SMILES string of the molecule is CCCOC(=O)c1cccc(NC(=O)CSc2n[nH]c(COc3ccc(CC)cc3)n2)c1. The van der Waals surface area contributed by atoms with Gasteiger partial charge in [-0.3, -0.25) is 9.89 Å². The lowest BCUT2D eigenvalue weighted by atomic mass is 10.2. The summed E-state index contributed by atoms with van der Waals surface area (Å²) >= 11 is 1.20. The van der Waals surface area contributed by atoms with Gasteiger partial charge in [0.1, 0.15) is 12.4 Å². The van der Waals surface area contributed by atoms with Gasteiger partial charge >= 0.3 is 5.97 Å². The normalized spacial score (nSPS) is 10.6. The molecule has 1 aromatic heterocycles. The van der Waals surface area contributed by atoms with Crippen LogP contribution in [0.2, 0.25) is 0 Å². The highest BCUT2D eigenvalue weighted by atomic mass is 32.2. The molecule has 0 aliphatic heterocycles. The van der Waals surface area contributed by atoms with Gasteiger partial charge in [0.05, 0.1) is 17.9 Å². The van der Waals surface area contributed by atoms with Gasteiger partial charge in [-0.25, -0.2) is 9.78 Å². The number of hydrogen-bond donors (Lipinski definition) is 2. The Morgan fingerprint density at radius 2 is 1.94 bits per heavy atom. The number of carbonyl (C=O) groups excluding carboxylic acids is 2. The van der Waals surface area contributed by atoms with E-state index >= 15 is 0 Å². The van der Waals surface area contributed by atoms with Crippen molar-refractivity contribution in [1.82, 2.24) is 15.2 Å². The predicted octanol–water partition coefficient (Wildman–Crippen LogP) is 4.24. The summed E-state index contributed by atoms with van der Waals surface area (Å²) in [4.78, 5) is 28.6. The zero-order chi connectivity index (χ0) is 22.8.